The van der Waals surface area contributed by atoms with Crippen molar-refractivity contribution in [3.63, 3.8) is 0 Å². The van der Waals surface area contributed by atoms with Gasteiger partial charge < -0.3 is 14.6 Å². The second-order valence-electron chi connectivity index (χ2n) is 6.18. The average Bonchev–Trinajstić information content (AvgIpc) is 3.11. The fraction of sp³-hybridized carbons (Fsp3) is 0.273. The summed E-state index contributed by atoms with van der Waals surface area (Å²) in [5.74, 6) is 0.390. The van der Waals surface area contributed by atoms with Crippen LogP contribution in [0.1, 0.15) is 37.3 Å². The van der Waals surface area contributed by atoms with Gasteiger partial charge in [-0.3, -0.25) is 4.79 Å². The Morgan fingerprint density at radius 1 is 1.14 bits per heavy atom. The van der Waals surface area contributed by atoms with Crippen molar-refractivity contribution >= 4 is 39.2 Å². The molecule has 0 atom stereocenters. The van der Waals surface area contributed by atoms with Crippen LogP contribution in [0.3, 0.4) is 0 Å². The van der Waals surface area contributed by atoms with Crippen LogP contribution in [0.25, 0.3) is 21.9 Å². The summed E-state index contributed by atoms with van der Waals surface area (Å²) < 4.78 is 12.7. The number of carboxylic acid groups (broad SMARTS) is 1. The van der Waals surface area contributed by atoms with Crippen LogP contribution in [-0.4, -0.2) is 29.3 Å². The molecule has 146 valence electrons. The summed E-state index contributed by atoms with van der Waals surface area (Å²) in [6, 6.07) is 13.4. The summed E-state index contributed by atoms with van der Waals surface area (Å²) in [7, 11) is 0. The number of aromatic nitrogens is 1. The number of para-hydroxylation sites is 2. The molecule has 0 saturated heterocycles. The van der Waals surface area contributed by atoms with Gasteiger partial charge >= 0.3 is 5.97 Å². The zero-order chi connectivity index (χ0) is 19.9. The van der Waals surface area contributed by atoms with Gasteiger partial charge in [-0.2, -0.15) is 0 Å². The van der Waals surface area contributed by atoms with Crippen molar-refractivity contribution in [2.45, 2.75) is 26.7 Å². The third-order valence-corrected chi connectivity index (χ3v) is 5.11. The quantitative estimate of drug-likeness (QED) is 0.516. The Kier molecular flexibility index (Phi) is 6.66. The standard InChI is InChI=1S/C22H23NO4S/c1-3-12-27-21-15(8-7-10-18(21)26-4-2)13-16(14-20(24)25)22-23-17-9-5-6-11-19(17)28-22/h5-11,13H,3-4,12,14H2,1-2H3,(H,24,25)/b16-13-. The molecule has 0 unspecified atom stereocenters. The molecule has 0 aliphatic carbocycles. The Bertz CT molecular complexity index is 960. The van der Waals surface area contributed by atoms with Crippen LogP contribution in [-0.2, 0) is 4.79 Å². The van der Waals surface area contributed by atoms with Crippen molar-refractivity contribution in [3.05, 3.63) is 53.0 Å². The highest BCUT2D eigenvalue weighted by atomic mass is 32.1. The molecule has 28 heavy (non-hydrogen) atoms. The topological polar surface area (TPSA) is 68.7 Å². The fourth-order valence-corrected chi connectivity index (χ4v) is 3.80. The average molecular weight is 397 g/mol. The van der Waals surface area contributed by atoms with E-state index in [0.29, 0.717) is 35.3 Å². The number of hydrogen-bond acceptors (Lipinski definition) is 5. The van der Waals surface area contributed by atoms with Crippen LogP contribution in [0.2, 0.25) is 0 Å². The maximum atomic E-state index is 11.5. The minimum atomic E-state index is -0.900. The number of fused-ring (bicyclic) bond motifs is 1. The fourth-order valence-electron chi connectivity index (χ4n) is 2.82. The summed E-state index contributed by atoms with van der Waals surface area (Å²) >= 11 is 1.49. The molecule has 0 fully saturated rings. The Morgan fingerprint density at radius 3 is 2.68 bits per heavy atom. The summed E-state index contributed by atoms with van der Waals surface area (Å²) in [5.41, 5.74) is 2.29. The van der Waals surface area contributed by atoms with E-state index in [1.165, 1.54) is 11.3 Å². The van der Waals surface area contributed by atoms with Crippen LogP contribution in [0.15, 0.2) is 42.5 Å². The van der Waals surface area contributed by atoms with Gasteiger partial charge in [-0.1, -0.05) is 31.2 Å². The number of ether oxygens (including phenoxy) is 2. The van der Waals surface area contributed by atoms with Gasteiger partial charge in [0, 0.05) is 5.56 Å². The third kappa shape index (κ3) is 4.70. The van der Waals surface area contributed by atoms with Gasteiger partial charge in [-0.15, -0.1) is 11.3 Å². The largest absolute Gasteiger partial charge is 0.490 e. The summed E-state index contributed by atoms with van der Waals surface area (Å²) in [6.45, 7) is 5.04. The van der Waals surface area contributed by atoms with Crippen LogP contribution < -0.4 is 9.47 Å². The molecule has 1 heterocycles. The highest BCUT2D eigenvalue weighted by Crippen LogP contribution is 2.36. The zero-order valence-corrected chi connectivity index (χ0v) is 16.8. The van der Waals surface area contributed by atoms with Gasteiger partial charge in [-0.25, -0.2) is 4.98 Å². The highest BCUT2D eigenvalue weighted by Gasteiger charge is 2.16. The lowest BCUT2D eigenvalue weighted by Gasteiger charge is -2.14. The molecule has 5 nitrogen and oxygen atoms in total. The van der Waals surface area contributed by atoms with E-state index < -0.39 is 5.97 Å². The van der Waals surface area contributed by atoms with E-state index >= 15 is 0 Å². The first-order valence-electron chi connectivity index (χ1n) is 9.29. The Balaban J connectivity index is 2.09. The smallest absolute Gasteiger partial charge is 0.307 e. The van der Waals surface area contributed by atoms with Gasteiger partial charge in [0.15, 0.2) is 11.5 Å². The van der Waals surface area contributed by atoms with Gasteiger partial charge in [0.2, 0.25) is 0 Å². The number of thiazole rings is 1. The second kappa shape index (κ2) is 9.37. The molecule has 0 aliphatic rings. The van der Waals surface area contributed by atoms with Gasteiger partial charge in [0.05, 0.1) is 29.9 Å². The number of aliphatic carboxylic acids is 1. The van der Waals surface area contributed by atoms with Crippen molar-refractivity contribution in [2.75, 3.05) is 13.2 Å². The van der Waals surface area contributed by atoms with Crippen molar-refractivity contribution in [1.82, 2.24) is 4.98 Å². The molecule has 6 heteroatoms. The maximum Gasteiger partial charge on any atom is 0.307 e. The van der Waals surface area contributed by atoms with E-state index in [0.717, 1.165) is 22.2 Å². The van der Waals surface area contributed by atoms with Crippen molar-refractivity contribution in [2.24, 2.45) is 0 Å². The molecule has 1 N–H and O–H groups in total. The van der Waals surface area contributed by atoms with Crippen LogP contribution in [0.5, 0.6) is 11.5 Å². The number of benzene rings is 2. The van der Waals surface area contributed by atoms with Gasteiger partial charge in [0.1, 0.15) is 5.01 Å². The molecule has 0 radical (unpaired) electrons. The second-order valence-corrected chi connectivity index (χ2v) is 7.21. The van der Waals surface area contributed by atoms with E-state index in [-0.39, 0.29) is 6.42 Å². The highest BCUT2D eigenvalue weighted by molar-refractivity contribution is 7.19. The first-order chi connectivity index (χ1) is 13.6. The molecule has 3 aromatic rings. The first kappa shape index (κ1) is 19.9. The van der Waals surface area contributed by atoms with Crippen LogP contribution in [0, 0.1) is 0 Å². The minimum absolute atomic E-state index is 0.119. The number of nitrogens with zero attached hydrogens (tertiary/aromatic N) is 1. The normalized spacial score (nSPS) is 11.6. The van der Waals surface area contributed by atoms with E-state index in [9.17, 15) is 9.90 Å². The van der Waals surface area contributed by atoms with Crippen molar-refractivity contribution < 1.29 is 19.4 Å². The number of hydrogen-bond donors (Lipinski definition) is 1. The lowest BCUT2D eigenvalue weighted by Crippen LogP contribution is -2.02. The Hall–Kier alpha value is -2.86. The maximum absolute atomic E-state index is 11.5. The van der Waals surface area contributed by atoms with Crippen molar-refractivity contribution in [1.29, 1.82) is 0 Å². The number of carboxylic acids is 1. The van der Waals surface area contributed by atoms with E-state index in [2.05, 4.69) is 4.98 Å². The monoisotopic (exact) mass is 397 g/mol. The Labute approximate surface area is 168 Å². The summed E-state index contributed by atoms with van der Waals surface area (Å²) in [5, 5.41) is 10.1. The van der Waals surface area contributed by atoms with Crippen LogP contribution >= 0.6 is 11.3 Å². The SMILES string of the molecule is CCCOc1c(/C=C(/CC(=O)O)c2nc3ccccc3s2)cccc1OCC. The predicted octanol–water partition coefficient (Wildman–Crippen LogP) is 5.50. The minimum Gasteiger partial charge on any atom is -0.490 e. The molecule has 2 aromatic carbocycles. The Morgan fingerprint density at radius 2 is 1.96 bits per heavy atom. The molecular weight excluding hydrogens is 374 g/mol. The lowest BCUT2D eigenvalue weighted by atomic mass is 10.1. The molecule has 0 bridgehead atoms. The number of rotatable bonds is 9. The lowest BCUT2D eigenvalue weighted by molar-refractivity contribution is -0.135. The molecule has 0 saturated carbocycles. The first-order valence-corrected chi connectivity index (χ1v) is 10.1. The summed E-state index contributed by atoms with van der Waals surface area (Å²) in [4.78, 5) is 16.1. The van der Waals surface area contributed by atoms with Crippen molar-refractivity contribution in [3.8, 4) is 11.5 Å². The molecule has 0 aliphatic heterocycles. The van der Waals surface area contributed by atoms with Gasteiger partial charge in [-0.05, 0) is 43.2 Å². The predicted molar refractivity (Wildman–Crippen MR) is 113 cm³/mol. The zero-order valence-electron chi connectivity index (χ0n) is 16.0. The molecule has 0 amide bonds. The molecule has 1 aromatic heterocycles. The molecular formula is C22H23NO4S. The van der Waals surface area contributed by atoms with E-state index in [4.69, 9.17) is 9.47 Å². The third-order valence-electron chi connectivity index (χ3n) is 4.00. The summed E-state index contributed by atoms with van der Waals surface area (Å²) in [6.07, 6.45) is 2.59. The van der Waals surface area contributed by atoms with Crippen LogP contribution in [0.4, 0.5) is 0 Å². The van der Waals surface area contributed by atoms with E-state index in [1.54, 1.807) is 0 Å². The number of carbonyl (C=O) groups is 1. The van der Waals surface area contributed by atoms with Gasteiger partial charge in [0.25, 0.3) is 0 Å². The van der Waals surface area contributed by atoms with E-state index in [1.807, 2.05) is 62.4 Å². The molecule has 3 rings (SSSR count). The molecule has 0 spiro atoms.